The van der Waals surface area contributed by atoms with Gasteiger partial charge in [-0.1, -0.05) is 6.07 Å². The van der Waals surface area contributed by atoms with Crippen LogP contribution in [0.1, 0.15) is 27.8 Å². The highest BCUT2D eigenvalue weighted by molar-refractivity contribution is 5.79. The van der Waals surface area contributed by atoms with Gasteiger partial charge in [-0.05, 0) is 43.5 Å². The van der Waals surface area contributed by atoms with Crippen LogP contribution in [-0.4, -0.2) is 16.9 Å². The van der Waals surface area contributed by atoms with Crippen LogP contribution in [0.15, 0.2) is 12.1 Å². The zero-order valence-corrected chi connectivity index (χ0v) is 13.6. The number of nitrogen functional groups attached to an aromatic ring is 1. The molecule has 23 heavy (non-hydrogen) atoms. The van der Waals surface area contributed by atoms with Crippen LogP contribution in [0.4, 0.5) is 17.1 Å². The van der Waals surface area contributed by atoms with E-state index < -0.39 is 0 Å². The SMILES string of the molecule is Cc1cc(C)c2c(c1O)CN1CN2Cc2c(O)c(N)cc(C)c21. The van der Waals surface area contributed by atoms with Crippen LogP contribution < -0.4 is 15.5 Å². The Kier molecular flexibility index (Phi) is 2.73. The molecule has 4 rings (SSSR count). The topological polar surface area (TPSA) is 73.0 Å². The lowest BCUT2D eigenvalue weighted by Crippen LogP contribution is -2.47. The minimum absolute atomic E-state index is 0.178. The first kappa shape index (κ1) is 14.1. The zero-order valence-electron chi connectivity index (χ0n) is 13.6. The van der Waals surface area contributed by atoms with Crippen molar-refractivity contribution >= 4 is 17.1 Å². The third-order valence-electron chi connectivity index (χ3n) is 5.01. The number of benzene rings is 2. The number of aryl methyl sites for hydroxylation is 3. The molecular weight excluding hydrogens is 290 g/mol. The van der Waals surface area contributed by atoms with Gasteiger partial charge >= 0.3 is 0 Å². The van der Waals surface area contributed by atoms with E-state index in [1.54, 1.807) is 0 Å². The third kappa shape index (κ3) is 1.79. The highest BCUT2D eigenvalue weighted by atomic mass is 16.3. The molecule has 5 nitrogen and oxygen atoms in total. The molecule has 2 aliphatic heterocycles. The number of hydrogen-bond donors (Lipinski definition) is 3. The summed E-state index contributed by atoms with van der Waals surface area (Å²) in [5.74, 6) is 0.554. The lowest BCUT2D eigenvalue weighted by molar-refractivity contribution is 0.454. The van der Waals surface area contributed by atoms with Crippen molar-refractivity contribution in [3.05, 3.63) is 39.9 Å². The second-order valence-electron chi connectivity index (χ2n) is 6.68. The van der Waals surface area contributed by atoms with Gasteiger partial charge in [0.25, 0.3) is 0 Å². The first-order chi connectivity index (χ1) is 10.9. The van der Waals surface area contributed by atoms with Crippen molar-refractivity contribution in [1.29, 1.82) is 0 Å². The summed E-state index contributed by atoms with van der Waals surface area (Å²) in [4.78, 5) is 4.41. The largest absolute Gasteiger partial charge is 0.507 e. The van der Waals surface area contributed by atoms with E-state index in [2.05, 4.69) is 16.7 Å². The molecule has 0 saturated heterocycles. The quantitative estimate of drug-likeness (QED) is 0.515. The zero-order chi connectivity index (χ0) is 16.5. The minimum Gasteiger partial charge on any atom is -0.507 e. The summed E-state index contributed by atoms with van der Waals surface area (Å²) in [5, 5.41) is 20.9. The molecule has 2 heterocycles. The van der Waals surface area contributed by atoms with Crippen molar-refractivity contribution in [2.75, 3.05) is 22.2 Å². The molecule has 0 spiro atoms. The maximum Gasteiger partial charge on any atom is 0.145 e. The fourth-order valence-electron chi connectivity index (χ4n) is 4.11. The molecule has 0 saturated carbocycles. The molecule has 0 unspecified atom stereocenters. The van der Waals surface area contributed by atoms with Gasteiger partial charge in [0, 0.05) is 11.1 Å². The van der Waals surface area contributed by atoms with Crippen LogP contribution in [0.5, 0.6) is 11.5 Å². The molecule has 2 aromatic rings. The van der Waals surface area contributed by atoms with Crippen molar-refractivity contribution in [1.82, 2.24) is 0 Å². The van der Waals surface area contributed by atoms with Gasteiger partial charge in [-0.25, -0.2) is 0 Å². The lowest BCUT2D eigenvalue weighted by Gasteiger charge is -2.46. The summed E-state index contributed by atoms with van der Waals surface area (Å²) in [7, 11) is 0. The normalized spacial score (nSPS) is 15.4. The molecule has 2 aliphatic rings. The number of nitrogens with zero attached hydrogens (tertiary/aromatic N) is 2. The van der Waals surface area contributed by atoms with E-state index >= 15 is 0 Å². The number of nitrogens with two attached hydrogens (primary N) is 1. The fraction of sp³-hybridized carbons (Fsp3) is 0.333. The molecule has 4 N–H and O–H groups in total. The predicted molar refractivity (Wildman–Crippen MR) is 92.1 cm³/mol. The second-order valence-corrected chi connectivity index (χ2v) is 6.68. The van der Waals surface area contributed by atoms with E-state index in [4.69, 9.17) is 5.73 Å². The summed E-state index contributed by atoms with van der Waals surface area (Å²) in [5.41, 5.74) is 13.4. The van der Waals surface area contributed by atoms with Crippen LogP contribution in [0.2, 0.25) is 0 Å². The average molecular weight is 311 g/mol. The number of fused-ring (bicyclic) bond motifs is 6. The van der Waals surface area contributed by atoms with E-state index in [-0.39, 0.29) is 5.75 Å². The number of aromatic hydroxyl groups is 2. The average Bonchev–Trinajstić information content (AvgIpc) is 2.49. The number of anilines is 3. The Balaban J connectivity index is 1.94. The van der Waals surface area contributed by atoms with Crippen LogP contribution in [0.25, 0.3) is 0 Å². The van der Waals surface area contributed by atoms with Crippen LogP contribution >= 0.6 is 0 Å². The number of phenolic OH excluding ortho intramolecular Hbond substituents is 2. The summed E-state index contributed by atoms with van der Waals surface area (Å²) in [6, 6.07) is 3.84. The lowest BCUT2D eigenvalue weighted by atomic mass is 9.94. The fourth-order valence-corrected chi connectivity index (χ4v) is 4.11. The summed E-state index contributed by atoms with van der Waals surface area (Å²) in [6.45, 7) is 8.01. The van der Waals surface area contributed by atoms with E-state index in [9.17, 15) is 10.2 Å². The first-order valence-corrected chi connectivity index (χ1v) is 7.81. The molecule has 0 fully saturated rings. The Morgan fingerprint density at radius 2 is 1.35 bits per heavy atom. The van der Waals surface area contributed by atoms with E-state index in [0.29, 0.717) is 24.5 Å². The molecule has 120 valence electrons. The maximum absolute atomic E-state index is 10.5. The van der Waals surface area contributed by atoms with Crippen molar-refractivity contribution in [2.24, 2.45) is 0 Å². The first-order valence-electron chi connectivity index (χ1n) is 7.81. The van der Waals surface area contributed by atoms with Gasteiger partial charge in [-0.3, -0.25) is 0 Å². The Bertz CT molecular complexity index is 776. The molecule has 0 aromatic heterocycles. The number of phenols is 2. The van der Waals surface area contributed by atoms with Crippen molar-refractivity contribution in [3.63, 3.8) is 0 Å². The van der Waals surface area contributed by atoms with Crippen molar-refractivity contribution in [2.45, 2.75) is 33.9 Å². The Morgan fingerprint density at radius 1 is 0.826 bits per heavy atom. The highest BCUT2D eigenvalue weighted by Gasteiger charge is 2.35. The molecule has 0 radical (unpaired) electrons. The molecule has 5 heteroatoms. The predicted octanol–water partition coefficient (Wildman–Crippen LogP) is 2.90. The monoisotopic (exact) mass is 311 g/mol. The summed E-state index contributed by atoms with van der Waals surface area (Å²) in [6.07, 6.45) is 0. The molecule has 0 atom stereocenters. The Labute approximate surface area is 135 Å². The van der Waals surface area contributed by atoms with Gasteiger partial charge < -0.3 is 25.7 Å². The van der Waals surface area contributed by atoms with Gasteiger partial charge in [0.05, 0.1) is 36.8 Å². The standard InChI is InChI=1S/C18H21N3O2/c1-9-4-11(3)17(22)12-6-20-8-21(15(9)12)7-13-16(20)10(2)5-14(19)18(13)23/h4-5,22-23H,6-8,19H2,1-3H3. The van der Waals surface area contributed by atoms with E-state index in [1.807, 2.05) is 26.0 Å². The van der Waals surface area contributed by atoms with Gasteiger partial charge in [0.2, 0.25) is 0 Å². The van der Waals surface area contributed by atoms with Crippen LogP contribution in [-0.2, 0) is 13.1 Å². The second kappa shape index (κ2) is 4.47. The van der Waals surface area contributed by atoms with Gasteiger partial charge in [0.15, 0.2) is 0 Å². The Morgan fingerprint density at radius 3 is 1.96 bits per heavy atom. The van der Waals surface area contributed by atoms with Crippen LogP contribution in [0.3, 0.4) is 0 Å². The highest BCUT2D eigenvalue weighted by Crippen LogP contribution is 2.48. The maximum atomic E-state index is 10.5. The number of hydrogen-bond acceptors (Lipinski definition) is 5. The number of rotatable bonds is 0. The molecule has 2 aromatic carbocycles. The molecule has 2 bridgehead atoms. The van der Waals surface area contributed by atoms with Crippen LogP contribution in [0, 0.1) is 20.8 Å². The molecule has 0 amide bonds. The van der Waals surface area contributed by atoms with Gasteiger partial charge in [0.1, 0.15) is 11.5 Å². The van der Waals surface area contributed by atoms with E-state index in [0.717, 1.165) is 45.9 Å². The molecular formula is C18H21N3O2. The minimum atomic E-state index is 0.178. The smallest absolute Gasteiger partial charge is 0.145 e. The van der Waals surface area contributed by atoms with E-state index in [1.165, 1.54) is 0 Å². The van der Waals surface area contributed by atoms with Gasteiger partial charge in [-0.2, -0.15) is 0 Å². The van der Waals surface area contributed by atoms with Crippen molar-refractivity contribution < 1.29 is 10.2 Å². The summed E-state index contributed by atoms with van der Waals surface area (Å²) < 4.78 is 0. The summed E-state index contributed by atoms with van der Waals surface area (Å²) >= 11 is 0. The third-order valence-corrected chi connectivity index (χ3v) is 5.01. The molecule has 0 aliphatic carbocycles. The Hall–Kier alpha value is -2.56. The van der Waals surface area contributed by atoms with Gasteiger partial charge in [-0.15, -0.1) is 0 Å². The van der Waals surface area contributed by atoms with Crippen molar-refractivity contribution in [3.8, 4) is 11.5 Å².